The van der Waals surface area contributed by atoms with E-state index in [-0.39, 0.29) is 18.4 Å². The van der Waals surface area contributed by atoms with Crippen LogP contribution in [0.5, 0.6) is 0 Å². The first kappa shape index (κ1) is 22.7. The number of benzene rings is 2. The average molecular weight is 448 g/mol. The first-order valence-corrected chi connectivity index (χ1v) is 11.5. The maximum Gasteiger partial charge on any atom is 0.338 e. The molecule has 2 aromatic carbocycles. The van der Waals surface area contributed by atoms with Crippen LogP contribution in [-0.2, 0) is 14.3 Å². The van der Waals surface area contributed by atoms with Crippen molar-refractivity contribution in [3.8, 4) is 0 Å². The first-order chi connectivity index (χ1) is 15.9. The van der Waals surface area contributed by atoms with Crippen molar-refractivity contribution < 1.29 is 19.1 Å². The summed E-state index contributed by atoms with van der Waals surface area (Å²) >= 11 is 0. The molecule has 1 saturated carbocycles. The number of amides is 2. The van der Waals surface area contributed by atoms with Crippen molar-refractivity contribution in [1.82, 2.24) is 4.90 Å². The Labute approximate surface area is 193 Å². The third-order valence-electron chi connectivity index (χ3n) is 6.37. The van der Waals surface area contributed by atoms with Crippen molar-refractivity contribution in [2.75, 3.05) is 18.5 Å². The molecule has 0 aromatic heterocycles. The van der Waals surface area contributed by atoms with Gasteiger partial charge in [0.2, 0.25) is 5.91 Å². The van der Waals surface area contributed by atoms with Gasteiger partial charge in [0.25, 0.3) is 5.91 Å². The van der Waals surface area contributed by atoms with E-state index in [1.807, 2.05) is 30.3 Å². The Hall–Kier alpha value is -3.48. The fourth-order valence-electron chi connectivity index (χ4n) is 4.49. The predicted molar refractivity (Wildman–Crippen MR) is 126 cm³/mol. The predicted octanol–water partition coefficient (Wildman–Crippen LogP) is 4.04. The largest absolute Gasteiger partial charge is 0.462 e. The number of hydrogen-bond acceptors (Lipinski definition) is 5. The van der Waals surface area contributed by atoms with E-state index < -0.39 is 11.6 Å². The van der Waals surface area contributed by atoms with E-state index in [0.717, 1.165) is 31.2 Å². The summed E-state index contributed by atoms with van der Waals surface area (Å²) < 4.78 is 4.98. The molecular formula is C26H29N3O4. The zero-order valence-electron chi connectivity index (χ0n) is 19.0. The molecule has 0 radical (unpaired) electrons. The van der Waals surface area contributed by atoms with Crippen molar-refractivity contribution in [2.24, 2.45) is 10.9 Å². The molecule has 2 amide bonds. The summed E-state index contributed by atoms with van der Waals surface area (Å²) in [6.45, 7) is 4.18. The summed E-state index contributed by atoms with van der Waals surface area (Å²) in [7, 11) is 0. The molecule has 0 unspecified atom stereocenters. The van der Waals surface area contributed by atoms with Gasteiger partial charge in [-0.3, -0.25) is 14.6 Å². The SMILES string of the molecule is CCOC(=O)c1ccc(NC(=O)CN2C(=O)C(c3ccccc3)=NC23CCC(C)CC3)cc1. The van der Waals surface area contributed by atoms with Crippen molar-refractivity contribution in [3.05, 3.63) is 65.7 Å². The summed E-state index contributed by atoms with van der Waals surface area (Å²) in [6.07, 6.45) is 3.42. The Balaban J connectivity index is 1.50. The zero-order chi connectivity index (χ0) is 23.4. The van der Waals surface area contributed by atoms with E-state index in [1.165, 1.54) is 0 Å². The number of nitrogens with one attached hydrogen (secondary N) is 1. The summed E-state index contributed by atoms with van der Waals surface area (Å²) in [4.78, 5) is 44.7. The smallest absolute Gasteiger partial charge is 0.338 e. The molecule has 1 aliphatic heterocycles. The number of rotatable bonds is 6. The molecule has 1 aliphatic carbocycles. The lowest BCUT2D eigenvalue weighted by Gasteiger charge is -2.40. The molecule has 4 rings (SSSR count). The number of anilines is 1. The molecule has 1 fully saturated rings. The maximum atomic E-state index is 13.4. The van der Waals surface area contributed by atoms with Crippen molar-refractivity contribution in [3.63, 3.8) is 0 Å². The molecule has 1 N–H and O–H groups in total. The summed E-state index contributed by atoms with van der Waals surface area (Å²) in [5.41, 5.74) is 1.51. The van der Waals surface area contributed by atoms with Gasteiger partial charge in [-0.15, -0.1) is 0 Å². The fourth-order valence-corrected chi connectivity index (χ4v) is 4.49. The van der Waals surface area contributed by atoms with E-state index in [4.69, 9.17) is 9.73 Å². The van der Waals surface area contributed by atoms with Gasteiger partial charge >= 0.3 is 5.97 Å². The molecule has 0 bridgehead atoms. The highest BCUT2D eigenvalue weighted by Crippen LogP contribution is 2.41. The number of carbonyl (C=O) groups excluding carboxylic acids is 3. The minimum Gasteiger partial charge on any atom is -0.462 e. The topological polar surface area (TPSA) is 88.1 Å². The van der Waals surface area contributed by atoms with Crippen LogP contribution in [0.3, 0.4) is 0 Å². The zero-order valence-corrected chi connectivity index (χ0v) is 19.0. The normalized spacial score (nSPS) is 22.2. The molecule has 7 heteroatoms. The van der Waals surface area contributed by atoms with Gasteiger partial charge in [-0.05, 0) is 62.8 Å². The second-order valence-corrected chi connectivity index (χ2v) is 8.73. The van der Waals surface area contributed by atoms with Crippen LogP contribution in [-0.4, -0.2) is 47.2 Å². The Morgan fingerprint density at radius 3 is 2.39 bits per heavy atom. The molecule has 1 spiro atoms. The molecule has 2 aliphatic rings. The molecule has 1 heterocycles. The third-order valence-corrected chi connectivity index (χ3v) is 6.37. The standard InChI is InChI=1S/C26H29N3O4/c1-3-33-25(32)20-9-11-21(12-10-20)27-22(30)17-29-24(31)23(19-7-5-4-6-8-19)28-26(29)15-13-18(2)14-16-26/h4-12,18H,3,13-17H2,1-2H3,(H,27,30). The van der Waals surface area contributed by atoms with Gasteiger partial charge in [-0.1, -0.05) is 37.3 Å². The minimum absolute atomic E-state index is 0.0767. The highest BCUT2D eigenvalue weighted by Gasteiger charge is 2.49. The number of carbonyl (C=O) groups is 3. The Kier molecular flexibility index (Phi) is 6.58. The van der Waals surface area contributed by atoms with Crippen molar-refractivity contribution in [1.29, 1.82) is 0 Å². The molecule has 7 nitrogen and oxygen atoms in total. The first-order valence-electron chi connectivity index (χ1n) is 11.5. The van der Waals surface area contributed by atoms with Gasteiger partial charge in [-0.2, -0.15) is 0 Å². The van der Waals surface area contributed by atoms with Gasteiger partial charge in [0, 0.05) is 11.3 Å². The lowest BCUT2D eigenvalue weighted by atomic mass is 9.82. The van der Waals surface area contributed by atoms with E-state index in [0.29, 0.717) is 29.5 Å². The van der Waals surface area contributed by atoms with Gasteiger partial charge in [-0.25, -0.2) is 4.79 Å². The van der Waals surface area contributed by atoms with Gasteiger partial charge in [0.05, 0.1) is 12.2 Å². The number of ether oxygens (including phenoxy) is 1. The highest BCUT2D eigenvalue weighted by molar-refractivity contribution is 6.47. The van der Waals surface area contributed by atoms with Crippen LogP contribution in [0.2, 0.25) is 0 Å². The van der Waals surface area contributed by atoms with Crippen LogP contribution in [0.1, 0.15) is 55.5 Å². The minimum atomic E-state index is -0.667. The van der Waals surface area contributed by atoms with Crippen LogP contribution in [0.4, 0.5) is 5.69 Å². The fraction of sp³-hybridized carbons (Fsp3) is 0.385. The van der Waals surface area contributed by atoms with E-state index in [1.54, 1.807) is 36.1 Å². The molecule has 0 saturated heterocycles. The van der Waals surface area contributed by atoms with Crippen LogP contribution >= 0.6 is 0 Å². The Morgan fingerprint density at radius 2 is 1.76 bits per heavy atom. The van der Waals surface area contributed by atoms with Gasteiger partial charge in [0.1, 0.15) is 17.9 Å². The number of nitrogens with zero attached hydrogens (tertiary/aromatic N) is 2. The quantitative estimate of drug-likeness (QED) is 0.677. The summed E-state index contributed by atoms with van der Waals surface area (Å²) in [6, 6.07) is 15.9. The summed E-state index contributed by atoms with van der Waals surface area (Å²) in [5, 5.41) is 2.84. The monoisotopic (exact) mass is 447 g/mol. The molecule has 33 heavy (non-hydrogen) atoms. The van der Waals surface area contributed by atoms with E-state index >= 15 is 0 Å². The number of esters is 1. The molecule has 0 atom stereocenters. The summed E-state index contributed by atoms with van der Waals surface area (Å²) in [5.74, 6) is -0.328. The Bertz CT molecular complexity index is 1050. The maximum absolute atomic E-state index is 13.4. The van der Waals surface area contributed by atoms with Crippen molar-refractivity contribution >= 4 is 29.2 Å². The lowest BCUT2D eigenvalue weighted by Crippen LogP contribution is -2.51. The van der Waals surface area contributed by atoms with Crippen LogP contribution in [0.15, 0.2) is 59.6 Å². The molecule has 172 valence electrons. The Morgan fingerprint density at radius 1 is 1.09 bits per heavy atom. The lowest BCUT2D eigenvalue weighted by molar-refractivity contribution is -0.134. The van der Waals surface area contributed by atoms with E-state index in [9.17, 15) is 14.4 Å². The third kappa shape index (κ3) is 4.82. The number of aliphatic imine (C=N–C) groups is 1. The average Bonchev–Trinajstić information content (AvgIpc) is 3.08. The highest BCUT2D eigenvalue weighted by atomic mass is 16.5. The molecule has 2 aromatic rings. The van der Waals surface area contributed by atoms with E-state index in [2.05, 4.69) is 12.2 Å². The molecular weight excluding hydrogens is 418 g/mol. The van der Waals surface area contributed by atoms with Crippen LogP contribution in [0.25, 0.3) is 0 Å². The van der Waals surface area contributed by atoms with Crippen molar-refractivity contribution in [2.45, 2.75) is 45.2 Å². The number of hydrogen-bond donors (Lipinski definition) is 1. The second kappa shape index (κ2) is 9.57. The second-order valence-electron chi connectivity index (χ2n) is 8.73. The van der Waals surface area contributed by atoms with Crippen LogP contribution in [0, 0.1) is 5.92 Å². The van der Waals surface area contributed by atoms with Gasteiger partial charge < -0.3 is 15.0 Å². The van der Waals surface area contributed by atoms with Crippen LogP contribution < -0.4 is 5.32 Å². The van der Waals surface area contributed by atoms with Gasteiger partial charge in [0.15, 0.2) is 0 Å².